The van der Waals surface area contributed by atoms with Gasteiger partial charge in [0.05, 0.1) is 5.75 Å². The van der Waals surface area contributed by atoms with Crippen molar-refractivity contribution in [3.63, 3.8) is 0 Å². The maximum absolute atomic E-state index is 5.28. The van der Waals surface area contributed by atoms with E-state index >= 15 is 0 Å². The summed E-state index contributed by atoms with van der Waals surface area (Å²) in [5, 5.41) is 20.3. The Hall–Kier alpha value is -1.75. The molecule has 0 unspecified atom stereocenters. The molecule has 0 spiro atoms. The lowest BCUT2D eigenvalue weighted by molar-refractivity contribution is 0.391. The van der Waals surface area contributed by atoms with Crippen LogP contribution in [0.15, 0.2) is 54.4 Å². The van der Waals surface area contributed by atoms with E-state index in [0.29, 0.717) is 17.5 Å². The highest BCUT2D eigenvalue weighted by Gasteiger charge is 2.11. The zero-order valence-corrected chi connectivity index (χ0v) is 16.6. The van der Waals surface area contributed by atoms with Gasteiger partial charge in [-0.25, -0.2) is 0 Å². The molecule has 25 heavy (non-hydrogen) atoms. The average molecular weight is 452 g/mol. The Labute approximate surface area is 163 Å². The number of anilines is 2. The molecule has 0 amide bonds. The summed E-state index contributed by atoms with van der Waals surface area (Å²) in [6.45, 7) is 0. The van der Waals surface area contributed by atoms with E-state index in [1.807, 2.05) is 41.1 Å². The molecule has 0 saturated carbocycles. The normalized spacial score (nSPS) is 10.9. The van der Waals surface area contributed by atoms with Crippen LogP contribution in [0.3, 0.4) is 0 Å². The van der Waals surface area contributed by atoms with Crippen molar-refractivity contribution in [3.05, 3.63) is 51.5 Å². The lowest BCUT2D eigenvalue weighted by Gasteiger charge is -2.01. The molecule has 0 radical (unpaired) electrons. The molecular weight excluding hydrogens is 442 g/mol. The van der Waals surface area contributed by atoms with Crippen molar-refractivity contribution in [3.8, 4) is 11.4 Å². The maximum atomic E-state index is 5.28. The molecule has 0 aliphatic carbocycles. The van der Waals surface area contributed by atoms with Crippen LogP contribution in [0.1, 0.15) is 5.89 Å². The van der Waals surface area contributed by atoms with E-state index in [1.54, 1.807) is 11.3 Å². The number of rotatable bonds is 6. The van der Waals surface area contributed by atoms with Crippen molar-refractivity contribution in [2.24, 2.45) is 0 Å². The molecule has 10 heteroatoms. The van der Waals surface area contributed by atoms with Crippen LogP contribution in [0.4, 0.5) is 10.8 Å². The zero-order valence-electron chi connectivity index (χ0n) is 12.5. The molecule has 4 rings (SSSR count). The number of thiophene rings is 1. The lowest BCUT2D eigenvalue weighted by atomic mass is 10.3. The van der Waals surface area contributed by atoms with E-state index in [0.717, 1.165) is 25.2 Å². The van der Waals surface area contributed by atoms with Gasteiger partial charge in [0.25, 0.3) is 0 Å². The van der Waals surface area contributed by atoms with Crippen molar-refractivity contribution in [1.82, 2.24) is 20.3 Å². The highest BCUT2D eigenvalue weighted by atomic mass is 79.9. The van der Waals surface area contributed by atoms with Crippen LogP contribution in [-0.2, 0) is 5.75 Å². The smallest absolute Gasteiger partial charge is 0.237 e. The lowest BCUT2D eigenvalue weighted by Crippen LogP contribution is -1.88. The summed E-state index contributed by atoms with van der Waals surface area (Å²) in [7, 11) is 0. The molecule has 6 nitrogen and oxygen atoms in total. The Bertz CT molecular complexity index is 969. The summed E-state index contributed by atoms with van der Waals surface area (Å²) in [5.41, 5.74) is 1.93. The van der Waals surface area contributed by atoms with E-state index in [1.165, 1.54) is 23.1 Å². The second-order valence-corrected chi connectivity index (χ2v) is 8.72. The molecule has 0 bridgehead atoms. The monoisotopic (exact) mass is 451 g/mol. The summed E-state index contributed by atoms with van der Waals surface area (Å²) < 4.78 is 7.13. The van der Waals surface area contributed by atoms with Crippen molar-refractivity contribution in [1.29, 1.82) is 0 Å². The van der Waals surface area contributed by atoms with Gasteiger partial charge in [0, 0.05) is 21.1 Å². The van der Waals surface area contributed by atoms with Gasteiger partial charge in [-0.2, -0.15) is 16.3 Å². The molecule has 3 aromatic heterocycles. The van der Waals surface area contributed by atoms with Gasteiger partial charge in [0.1, 0.15) is 0 Å². The first-order valence-electron chi connectivity index (χ1n) is 7.10. The summed E-state index contributed by atoms with van der Waals surface area (Å²) in [6, 6.07) is 9.87. The van der Waals surface area contributed by atoms with Crippen LogP contribution in [0.2, 0.25) is 0 Å². The van der Waals surface area contributed by atoms with Gasteiger partial charge < -0.3 is 9.84 Å². The fourth-order valence-corrected chi connectivity index (χ4v) is 4.60. The zero-order chi connectivity index (χ0) is 17.1. The molecule has 1 aromatic carbocycles. The highest BCUT2D eigenvalue weighted by molar-refractivity contribution is 9.10. The molecule has 0 atom stereocenters. The van der Waals surface area contributed by atoms with Gasteiger partial charge in [-0.1, -0.05) is 50.3 Å². The fourth-order valence-electron chi connectivity index (χ4n) is 1.95. The fraction of sp³-hybridized carbons (Fsp3) is 0.0667. The largest absolute Gasteiger partial charge is 0.338 e. The standard InChI is InChI=1S/C15H10BrN5OS3/c16-10-2-1-3-11(6-10)17-14-19-20-15(25-14)24-8-12-18-13(21-22-12)9-4-5-23-7-9/h1-7H,8H2,(H,17,19). The predicted molar refractivity (Wildman–Crippen MR) is 105 cm³/mol. The Morgan fingerprint density at radius 3 is 3.04 bits per heavy atom. The minimum Gasteiger partial charge on any atom is -0.338 e. The third-order valence-corrected chi connectivity index (χ3v) is 6.18. The molecule has 0 aliphatic heterocycles. The minimum absolute atomic E-state index is 0.558. The molecule has 126 valence electrons. The minimum atomic E-state index is 0.558. The number of thioether (sulfide) groups is 1. The number of nitrogens with one attached hydrogen (secondary N) is 1. The van der Waals surface area contributed by atoms with Crippen LogP contribution >= 0.6 is 50.4 Å². The highest BCUT2D eigenvalue weighted by Crippen LogP contribution is 2.30. The Morgan fingerprint density at radius 1 is 1.24 bits per heavy atom. The van der Waals surface area contributed by atoms with E-state index in [2.05, 4.69) is 41.6 Å². The van der Waals surface area contributed by atoms with Crippen LogP contribution in [0.25, 0.3) is 11.4 Å². The molecule has 0 aliphatic rings. The van der Waals surface area contributed by atoms with E-state index in [-0.39, 0.29) is 0 Å². The summed E-state index contributed by atoms with van der Waals surface area (Å²) in [5.74, 6) is 1.75. The summed E-state index contributed by atoms with van der Waals surface area (Å²) >= 11 is 8.06. The second-order valence-electron chi connectivity index (χ2n) is 4.82. The van der Waals surface area contributed by atoms with E-state index in [4.69, 9.17) is 4.52 Å². The average Bonchev–Trinajstić information content (AvgIpc) is 3.34. The quantitative estimate of drug-likeness (QED) is 0.390. The number of hydrogen-bond donors (Lipinski definition) is 1. The van der Waals surface area contributed by atoms with E-state index in [9.17, 15) is 0 Å². The van der Waals surface area contributed by atoms with Crippen molar-refractivity contribution in [2.75, 3.05) is 5.32 Å². The second kappa shape index (κ2) is 7.65. The van der Waals surface area contributed by atoms with Gasteiger partial charge >= 0.3 is 0 Å². The Kier molecular flexibility index (Phi) is 5.11. The van der Waals surface area contributed by atoms with Crippen LogP contribution in [0.5, 0.6) is 0 Å². The first-order chi connectivity index (χ1) is 12.3. The molecular formula is C15H10BrN5OS3. The van der Waals surface area contributed by atoms with Gasteiger partial charge in [-0.3, -0.25) is 0 Å². The first-order valence-corrected chi connectivity index (χ1v) is 10.6. The molecule has 3 heterocycles. The van der Waals surface area contributed by atoms with Crippen molar-refractivity contribution < 1.29 is 4.52 Å². The van der Waals surface area contributed by atoms with Gasteiger partial charge in [0.15, 0.2) is 4.34 Å². The topological polar surface area (TPSA) is 76.7 Å². The SMILES string of the molecule is Brc1cccc(Nc2nnc(SCc3nc(-c4ccsc4)no3)s2)c1. The van der Waals surface area contributed by atoms with Crippen LogP contribution < -0.4 is 5.32 Å². The Morgan fingerprint density at radius 2 is 2.20 bits per heavy atom. The number of aromatic nitrogens is 4. The van der Waals surface area contributed by atoms with Crippen LogP contribution in [-0.4, -0.2) is 20.3 Å². The molecule has 0 saturated heterocycles. The maximum Gasteiger partial charge on any atom is 0.237 e. The van der Waals surface area contributed by atoms with Gasteiger partial charge in [0.2, 0.25) is 16.8 Å². The number of nitrogens with zero attached hydrogens (tertiary/aromatic N) is 4. The number of halogens is 1. The molecule has 4 aromatic rings. The molecule has 1 N–H and O–H groups in total. The third kappa shape index (κ3) is 4.27. The molecule has 0 fully saturated rings. The number of hydrogen-bond acceptors (Lipinski definition) is 9. The van der Waals surface area contributed by atoms with Gasteiger partial charge in [-0.05, 0) is 29.6 Å². The van der Waals surface area contributed by atoms with Gasteiger partial charge in [-0.15, -0.1) is 10.2 Å². The number of benzene rings is 1. The van der Waals surface area contributed by atoms with E-state index < -0.39 is 0 Å². The van der Waals surface area contributed by atoms with Crippen molar-refractivity contribution in [2.45, 2.75) is 10.1 Å². The summed E-state index contributed by atoms with van der Waals surface area (Å²) in [4.78, 5) is 4.40. The Balaban J connectivity index is 1.37. The summed E-state index contributed by atoms with van der Waals surface area (Å²) in [6.07, 6.45) is 0. The van der Waals surface area contributed by atoms with Crippen molar-refractivity contribution >= 4 is 61.2 Å². The first kappa shape index (κ1) is 16.7. The predicted octanol–water partition coefficient (Wildman–Crippen LogP) is 5.45. The van der Waals surface area contributed by atoms with Crippen LogP contribution in [0, 0.1) is 0 Å². The third-order valence-electron chi connectivity index (χ3n) is 3.05.